The first-order valence-electron chi connectivity index (χ1n) is 12.8. The van der Waals surface area contributed by atoms with Crippen molar-refractivity contribution in [2.24, 2.45) is 11.7 Å². The maximum atomic E-state index is 13.8. The number of benzene rings is 2. The molecule has 2 aliphatic carbocycles. The number of carbonyl (C=O) groups is 2. The van der Waals surface area contributed by atoms with Gasteiger partial charge in [0, 0.05) is 41.0 Å². The van der Waals surface area contributed by atoms with Gasteiger partial charge in [-0.15, -0.1) is 0 Å². The summed E-state index contributed by atoms with van der Waals surface area (Å²) in [5, 5.41) is 42.9. The maximum Gasteiger partial charge on any atom is 0.201 e. The van der Waals surface area contributed by atoms with Crippen LogP contribution in [0.15, 0.2) is 18.2 Å². The number of methoxy groups -OCH3 is 1. The van der Waals surface area contributed by atoms with Crippen LogP contribution >= 0.6 is 0 Å². The van der Waals surface area contributed by atoms with Crippen molar-refractivity contribution in [1.82, 2.24) is 0 Å². The minimum absolute atomic E-state index is 0.0312. The maximum absolute atomic E-state index is 13.8. The van der Waals surface area contributed by atoms with E-state index in [-0.39, 0.29) is 47.5 Å². The molecule has 0 saturated carbocycles. The van der Waals surface area contributed by atoms with E-state index in [4.69, 9.17) is 19.9 Å². The Labute approximate surface area is 219 Å². The van der Waals surface area contributed by atoms with E-state index in [0.29, 0.717) is 22.4 Å². The minimum atomic E-state index is -0.947. The number of aliphatic hydroxyl groups is 2. The van der Waals surface area contributed by atoms with E-state index in [9.17, 15) is 30.0 Å². The molecule has 0 bridgehead atoms. The zero-order valence-electron chi connectivity index (χ0n) is 21.5. The van der Waals surface area contributed by atoms with Gasteiger partial charge in [-0.25, -0.2) is 0 Å². The van der Waals surface area contributed by atoms with Gasteiger partial charge in [-0.3, -0.25) is 9.59 Å². The first-order valence-corrected chi connectivity index (χ1v) is 12.8. The lowest BCUT2D eigenvalue weighted by Gasteiger charge is -2.40. The summed E-state index contributed by atoms with van der Waals surface area (Å²) in [6, 6.07) is 4.59. The fourth-order valence-corrected chi connectivity index (χ4v) is 6.18. The molecule has 1 saturated heterocycles. The number of rotatable bonds is 5. The molecule has 0 radical (unpaired) electrons. The van der Waals surface area contributed by atoms with E-state index >= 15 is 0 Å². The van der Waals surface area contributed by atoms with Gasteiger partial charge in [-0.2, -0.15) is 0 Å². The summed E-state index contributed by atoms with van der Waals surface area (Å²) in [5.74, 6) is -2.21. The Kier molecular flexibility index (Phi) is 6.95. The number of ether oxygens (including phenoxy) is 3. The predicted molar refractivity (Wildman–Crippen MR) is 134 cm³/mol. The van der Waals surface area contributed by atoms with Crippen LogP contribution in [-0.2, 0) is 20.7 Å². The van der Waals surface area contributed by atoms with Crippen molar-refractivity contribution in [3.05, 3.63) is 51.6 Å². The molecule has 1 fully saturated rings. The zero-order valence-corrected chi connectivity index (χ0v) is 21.5. The standard InChI is InChI=1S/C28H33NO9/c1-11-14-5-4-6-18(36-3)22(14)27(34)24-21(11)26(33)15-7-13(17(31)10-30)8-19(23(15)28(24)35)38-20-9-16(29)25(32)12(2)37-20/h4-6,11-13,16,19-20,25,30,32-33,35H,7-10,29H2,1-3H3/t11?,12?,13?,16?,19?,20-,25?/m1/s1. The molecule has 0 amide bonds. The van der Waals surface area contributed by atoms with Crippen molar-refractivity contribution in [2.45, 2.75) is 69.7 Å². The molecular weight excluding hydrogens is 494 g/mol. The Bertz CT molecular complexity index is 1280. The summed E-state index contributed by atoms with van der Waals surface area (Å²) in [5.41, 5.74) is 7.78. The molecule has 204 valence electrons. The van der Waals surface area contributed by atoms with Gasteiger partial charge >= 0.3 is 0 Å². The smallest absolute Gasteiger partial charge is 0.201 e. The highest BCUT2D eigenvalue weighted by Crippen LogP contribution is 2.54. The average molecular weight is 528 g/mol. The first kappa shape index (κ1) is 26.6. The third kappa shape index (κ3) is 4.07. The van der Waals surface area contributed by atoms with Crippen LogP contribution in [0.5, 0.6) is 17.2 Å². The third-order valence-corrected chi connectivity index (χ3v) is 8.21. The second-order valence-electron chi connectivity index (χ2n) is 10.4. The SMILES string of the molecule is COc1cccc2c1C(=O)c1c(O)c3c(c(O)c1C2C)CC(C(=O)CO)CC3O[C@@H]1CC(N)C(O)C(C)O1. The number of hydrogen-bond acceptors (Lipinski definition) is 10. The van der Waals surface area contributed by atoms with Crippen LogP contribution in [0.3, 0.4) is 0 Å². The fraction of sp³-hybridized carbons (Fsp3) is 0.500. The molecule has 7 atom stereocenters. The number of nitrogens with two attached hydrogens (primary N) is 1. The molecule has 1 aliphatic heterocycles. The van der Waals surface area contributed by atoms with Crippen LogP contribution < -0.4 is 10.5 Å². The molecule has 3 aliphatic rings. The number of phenols is 2. The number of fused-ring (bicyclic) bond motifs is 3. The molecule has 5 rings (SSSR count). The molecule has 6 N–H and O–H groups in total. The van der Waals surface area contributed by atoms with Crippen LogP contribution in [0.1, 0.15) is 76.9 Å². The van der Waals surface area contributed by atoms with Crippen molar-refractivity contribution in [2.75, 3.05) is 13.7 Å². The highest BCUT2D eigenvalue weighted by Gasteiger charge is 2.44. The van der Waals surface area contributed by atoms with E-state index in [0.717, 1.165) is 0 Å². The number of phenolic OH excluding ortho intramolecular Hbond substituents is 2. The quantitative estimate of drug-likeness (QED) is 0.362. The van der Waals surface area contributed by atoms with E-state index in [2.05, 4.69) is 0 Å². The van der Waals surface area contributed by atoms with Crippen LogP contribution in [0, 0.1) is 5.92 Å². The van der Waals surface area contributed by atoms with Gasteiger partial charge in [0.25, 0.3) is 0 Å². The van der Waals surface area contributed by atoms with Gasteiger partial charge in [0.1, 0.15) is 23.9 Å². The number of hydrogen-bond donors (Lipinski definition) is 5. The molecule has 10 heteroatoms. The van der Waals surface area contributed by atoms with Crippen molar-refractivity contribution in [3.63, 3.8) is 0 Å². The van der Waals surface area contributed by atoms with Gasteiger partial charge in [0.15, 0.2) is 12.1 Å². The first-order chi connectivity index (χ1) is 18.1. The predicted octanol–water partition coefficient (Wildman–Crippen LogP) is 1.81. The largest absolute Gasteiger partial charge is 0.507 e. The summed E-state index contributed by atoms with van der Waals surface area (Å²) in [6.45, 7) is 2.81. The summed E-state index contributed by atoms with van der Waals surface area (Å²) in [4.78, 5) is 26.4. The van der Waals surface area contributed by atoms with Crippen molar-refractivity contribution in [1.29, 1.82) is 0 Å². The highest BCUT2D eigenvalue weighted by molar-refractivity contribution is 6.16. The molecule has 0 spiro atoms. The van der Waals surface area contributed by atoms with Crippen LogP contribution in [0.25, 0.3) is 0 Å². The summed E-state index contributed by atoms with van der Waals surface area (Å²) in [7, 11) is 1.46. The van der Waals surface area contributed by atoms with Crippen LogP contribution in [0.4, 0.5) is 0 Å². The van der Waals surface area contributed by atoms with E-state index in [1.165, 1.54) is 7.11 Å². The Morgan fingerprint density at radius 2 is 1.87 bits per heavy atom. The average Bonchev–Trinajstić information content (AvgIpc) is 2.90. The lowest BCUT2D eigenvalue weighted by molar-refractivity contribution is -0.243. The zero-order chi connectivity index (χ0) is 27.5. The van der Waals surface area contributed by atoms with Crippen LogP contribution in [-0.4, -0.2) is 70.2 Å². The summed E-state index contributed by atoms with van der Waals surface area (Å²) >= 11 is 0. The second kappa shape index (κ2) is 9.94. The molecule has 10 nitrogen and oxygen atoms in total. The molecule has 38 heavy (non-hydrogen) atoms. The van der Waals surface area contributed by atoms with Gasteiger partial charge in [0.2, 0.25) is 5.78 Å². The van der Waals surface area contributed by atoms with Gasteiger partial charge in [-0.1, -0.05) is 19.1 Å². The molecular formula is C28H33NO9. The molecule has 2 aromatic rings. The summed E-state index contributed by atoms with van der Waals surface area (Å²) in [6.07, 6.45) is -2.99. The highest BCUT2D eigenvalue weighted by atomic mass is 16.7. The van der Waals surface area contributed by atoms with Crippen molar-refractivity contribution in [3.8, 4) is 17.2 Å². The Balaban J connectivity index is 1.65. The molecule has 6 unspecified atom stereocenters. The monoisotopic (exact) mass is 527 g/mol. The fourth-order valence-electron chi connectivity index (χ4n) is 6.18. The van der Waals surface area contributed by atoms with Crippen LogP contribution in [0.2, 0.25) is 0 Å². The van der Waals surface area contributed by atoms with E-state index in [1.54, 1.807) is 25.1 Å². The number of Topliss-reactive ketones (excluding diaryl/α,β-unsaturated/α-hetero) is 1. The second-order valence-corrected chi connectivity index (χ2v) is 10.4. The van der Waals surface area contributed by atoms with Gasteiger partial charge in [0.05, 0.1) is 36.5 Å². The normalized spacial score (nSPS) is 30.3. The van der Waals surface area contributed by atoms with Gasteiger partial charge in [-0.05, 0) is 31.4 Å². The third-order valence-electron chi connectivity index (χ3n) is 8.21. The Morgan fingerprint density at radius 1 is 1.13 bits per heavy atom. The Morgan fingerprint density at radius 3 is 2.53 bits per heavy atom. The van der Waals surface area contributed by atoms with Crippen molar-refractivity contribution < 1.29 is 44.2 Å². The molecule has 0 aromatic heterocycles. The number of aromatic hydroxyl groups is 2. The van der Waals surface area contributed by atoms with Gasteiger partial charge < -0.3 is 40.4 Å². The molecule has 1 heterocycles. The van der Waals surface area contributed by atoms with Crippen molar-refractivity contribution >= 4 is 11.6 Å². The Hall–Kier alpha value is -3.02. The molecule has 2 aromatic carbocycles. The topological polar surface area (TPSA) is 169 Å². The number of aliphatic hydroxyl groups excluding tert-OH is 2. The number of carbonyl (C=O) groups excluding carboxylic acids is 2. The van der Waals surface area contributed by atoms with E-state index < -0.39 is 60.7 Å². The number of ketones is 2. The summed E-state index contributed by atoms with van der Waals surface area (Å²) < 4.78 is 17.4. The lowest BCUT2D eigenvalue weighted by atomic mass is 9.71. The lowest BCUT2D eigenvalue weighted by Crippen LogP contribution is -2.52. The minimum Gasteiger partial charge on any atom is -0.507 e. The van der Waals surface area contributed by atoms with E-state index in [1.807, 2.05) is 6.92 Å².